The first kappa shape index (κ1) is 14.4. The van der Waals surface area contributed by atoms with Crippen molar-refractivity contribution in [3.05, 3.63) is 28.2 Å². The van der Waals surface area contributed by atoms with Crippen molar-refractivity contribution >= 4 is 44.8 Å². The molecule has 0 aliphatic carbocycles. The summed E-state index contributed by atoms with van der Waals surface area (Å²) in [5.74, 6) is 0.306. The molecule has 0 unspecified atom stereocenters. The Morgan fingerprint density at radius 3 is 2.61 bits per heavy atom. The van der Waals surface area contributed by atoms with Crippen molar-refractivity contribution in [2.24, 2.45) is 0 Å². The van der Waals surface area contributed by atoms with Crippen LogP contribution in [0.15, 0.2) is 23.1 Å². The van der Waals surface area contributed by atoms with Gasteiger partial charge in [-0.2, -0.15) is 4.31 Å². The SMILES string of the molecule is O=S(=O)(c1ccc(Cl)c(Cl)c1)N1CCC[C@H]1CCl. The number of benzene rings is 1. The Bertz CT molecular complexity index is 547. The number of halogens is 3. The van der Waals surface area contributed by atoms with Gasteiger partial charge in [-0.25, -0.2) is 8.42 Å². The van der Waals surface area contributed by atoms with Crippen LogP contribution in [0.4, 0.5) is 0 Å². The molecule has 0 spiro atoms. The van der Waals surface area contributed by atoms with E-state index in [0.29, 0.717) is 17.4 Å². The molecule has 0 saturated carbocycles. The third kappa shape index (κ3) is 2.63. The Balaban J connectivity index is 2.38. The molecule has 1 atom stereocenters. The fourth-order valence-electron chi connectivity index (χ4n) is 2.05. The van der Waals surface area contributed by atoms with Gasteiger partial charge in [-0.15, -0.1) is 11.6 Å². The van der Waals surface area contributed by atoms with E-state index in [1.54, 1.807) is 0 Å². The highest BCUT2D eigenvalue weighted by atomic mass is 35.5. The van der Waals surface area contributed by atoms with Gasteiger partial charge in [0.1, 0.15) is 0 Å². The van der Waals surface area contributed by atoms with Crippen LogP contribution in [0.25, 0.3) is 0 Å². The van der Waals surface area contributed by atoms with Gasteiger partial charge in [0.2, 0.25) is 10.0 Å². The molecule has 1 heterocycles. The number of hydrogen-bond donors (Lipinski definition) is 0. The summed E-state index contributed by atoms with van der Waals surface area (Å²) in [4.78, 5) is 0.161. The first-order chi connectivity index (χ1) is 8.46. The Kier molecular flexibility index (Phi) is 4.44. The first-order valence-electron chi connectivity index (χ1n) is 5.49. The fraction of sp³-hybridized carbons (Fsp3) is 0.455. The van der Waals surface area contributed by atoms with Gasteiger partial charge in [-0.3, -0.25) is 0 Å². The molecule has 3 nitrogen and oxygen atoms in total. The molecule has 1 aromatic rings. The molecule has 1 aliphatic heterocycles. The van der Waals surface area contributed by atoms with E-state index in [-0.39, 0.29) is 16.0 Å². The highest BCUT2D eigenvalue weighted by molar-refractivity contribution is 7.89. The van der Waals surface area contributed by atoms with Crippen molar-refractivity contribution < 1.29 is 8.42 Å². The number of hydrogen-bond acceptors (Lipinski definition) is 2. The first-order valence-corrected chi connectivity index (χ1v) is 8.22. The van der Waals surface area contributed by atoms with Crippen LogP contribution in [0.3, 0.4) is 0 Å². The Hall–Kier alpha value is -0.000000000000000111. The molecule has 0 amide bonds. The quantitative estimate of drug-likeness (QED) is 0.798. The van der Waals surface area contributed by atoms with Crippen molar-refractivity contribution in [3.8, 4) is 0 Å². The van der Waals surface area contributed by atoms with Crippen molar-refractivity contribution in [3.63, 3.8) is 0 Å². The van der Waals surface area contributed by atoms with Gasteiger partial charge in [0, 0.05) is 18.5 Å². The molecular formula is C11H12Cl3NO2S. The largest absolute Gasteiger partial charge is 0.243 e. The molecule has 0 radical (unpaired) electrons. The molecule has 18 heavy (non-hydrogen) atoms. The Morgan fingerprint density at radius 2 is 2.00 bits per heavy atom. The zero-order valence-electron chi connectivity index (χ0n) is 9.44. The molecule has 1 fully saturated rings. The molecule has 0 N–H and O–H groups in total. The number of sulfonamides is 1. The average Bonchev–Trinajstić information content (AvgIpc) is 2.81. The topological polar surface area (TPSA) is 37.4 Å². The van der Waals surface area contributed by atoms with Crippen molar-refractivity contribution in [1.82, 2.24) is 4.31 Å². The second-order valence-corrected chi connectivity index (χ2v) is 7.16. The molecular weight excluding hydrogens is 317 g/mol. The van der Waals surface area contributed by atoms with Crippen LogP contribution in [-0.2, 0) is 10.0 Å². The third-order valence-corrected chi connectivity index (χ3v) is 6.04. The lowest BCUT2D eigenvalue weighted by atomic mass is 10.3. The van der Waals surface area contributed by atoms with E-state index in [4.69, 9.17) is 34.8 Å². The van der Waals surface area contributed by atoms with Gasteiger partial charge in [-0.1, -0.05) is 23.2 Å². The maximum Gasteiger partial charge on any atom is 0.243 e. The molecule has 0 bridgehead atoms. The van der Waals surface area contributed by atoms with E-state index in [1.165, 1.54) is 22.5 Å². The molecule has 100 valence electrons. The van der Waals surface area contributed by atoms with Crippen LogP contribution in [0, 0.1) is 0 Å². The minimum absolute atomic E-state index is 0.133. The minimum Gasteiger partial charge on any atom is -0.207 e. The number of rotatable bonds is 3. The van der Waals surface area contributed by atoms with Crippen LogP contribution in [0.2, 0.25) is 10.0 Å². The van der Waals surface area contributed by atoms with Crippen LogP contribution in [0.5, 0.6) is 0 Å². The maximum atomic E-state index is 12.4. The van der Waals surface area contributed by atoms with E-state index in [0.717, 1.165) is 12.8 Å². The van der Waals surface area contributed by atoms with Gasteiger partial charge in [0.25, 0.3) is 0 Å². The fourth-order valence-corrected chi connectivity index (χ4v) is 4.54. The highest BCUT2D eigenvalue weighted by Gasteiger charge is 2.34. The zero-order chi connectivity index (χ0) is 13.3. The molecule has 0 aromatic heterocycles. The summed E-state index contributed by atoms with van der Waals surface area (Å²) in [5, 5.41) is 0.574. The predicted octanol–water partition coefficient (Wildman–Crippen LogP) is 3.39. The van der Waals surface area contributed by atoms with Crippen LogP contribution >= 0.6 is 34.8 Å². The van der Waals surface area contributed by atoms with Crippen LogP contribution < -0.4 is 0 Å². The molecule has 1 aliphatic rings. The molecule has 1 aromatic carbocycles. The number of nitrogens with zero attached hydrogens (tertiary/aromatic N) is 1. The average molecular weight is 329 g/mol. The predicted molar refractivity (Wildman–Crippen MR) is 74.1 cm³/mol. The summed E-state index contributed by atoms with van der Waals surface area (Å²) >= 11 is 17.4. The minimum atomic E-state index is -3.53. The van der Waals surface area contributed by atoms with E-state index in [9.17, 15) is 8.42 Å². The summed E-state index contributed by atoms with van der Waals surface area (Å²) in [6.07, 6.45) is 1.63. The van der Waals surface area contributed by atoms with Gasteiger partial charge in [0.15, 0.2) is 0 Å². The maximum absolute atomic E-state index is 12.4. The lowest BCUT2D eigenvalue weighted by Crippen LogP contribution is -2.36. The van der Waals surface area contributed by atoms with Crippen LogP contribution in [0.1, 0.15) is 12.8 Å². The summed E-state index contributed by atoms with van der Waals surface area (Å²) in [6.45, 7) is 0.500. The van der Waals surface area contributed by atoms with E-state index in [2.05, 4.69) is 0 Å². The van der Waals surface area contributed by atoms with Gasteiger partial charge in [-0.05, 0) is 31.0 Å². The van der Waals surface area contributed by atoms with Crippen molar-refractivity contribution in [2.75, 3.05) is 12.4 Å². The summed E-state index contributed by atoms with van der Waals surface area (Å²) < 4.78 is 26.3. The Labute approximate surface area is 122 Å². The molecule has 7 heteroatoms. The summed E-state index contributed by atoms with van der Waals surface area (Å²) in [5.41, 5.74) is 0. The van der Waals surface area contributed by atoms with Crippen LogP contribution in [-0.4, -0.2) is 31.2 Å². The van der Waals surface area contributed by atoms with E-state index >= 15 is 0 Å². The van der Waals surface area contributed by atoms with Gasteiger partial charge >= 0.3 is 0 Å². The highest BCUT2D eigenvalue weighted by Crippen LogP contribution is 2.30. The lowest BCUT2D eigenvalue weighted by Gasteiger charge is -2.22. The summed E-state index contributed by atoms with van der Waals surface area (Å²) in [6, 6.07) is 4.20. The normalized spacial score (nSPS) is 21.4. The third-order valence-electron chi connectivity index (χ3n) is 3.00. The van der Waals surface area contributed by atoms with Crippen molar-refractivity contribution in [1.29, 1.82) is 0 Å². The smallest absolute Gasteiger partial charge is 0.207 e. The number of alkyl halides is 1. The van der Waals surface area contributed by atoms with Gasteiger partial charge in [0.05, 0.1) is 14.9 Å². The zero-order valence-corrected chi connectivity index (χ0v) is 12.5. The van der Waals surface area contributed by atoms with E-state index in [1.807, 2.05) is 0 Å². The van der Waals surface area contributed by atoms with E-state index < -0.39 is 10.0 Å². The lowest BCUT2D eigenvalue weighted by molar-refractivity contribution is 0.411. The summed E-state index contributed by atoms with van der Waals surface area (Å²) in [7, 11) is -3.53. The van der Waals surface area contributed by atoms with Gasteiger partial charge < -0.3 is 0 Å². The second-order valence-electron chi connectivity index (χ2n) is 4.14. The molecule has 2 rings (SSSR count). The second kappa shape index (κ2) is 5.55. The monoisotopic (exact) mass is 327 g/mol. The molecule has 1 saturated heterocycles. The van der Waals surface area contributed by atoms with Crippen molar-refractivity contribution in [2.45, 2.75) is 23.8 Å². The Morgan fingerprint density at radius 1 is 1.28 bits per heavy atom. The standard InChI is InChI=1S/C11H12Cl3NO2S/c12-7-8-2-1-5-15(8)18(16,17)9-3-4-10(13)11(14)6-9/h3-4,6,8H,1-2,5,7H2/t8-/m0/s1.